The van der Waals surface area contributed by atoms with E-state index in [0.29, 0.717) is 12.5 Å². The Balaban J connectivity index is 1.87. The van der Waals surface area contributed by atoms with E-state index in [-0.39, 0.29) is 5.91 Å². The monoisotopic (exact) mass is 329 g/mol. The Labute approximate surface area is 127 Å². The zero-order valence-corrected chi connectivity index (χ0v) is 12.9. The Morgan fingerprint density at radius 3 is 2.50 bits per heavy atom. The number of anilines is 1. The molecule has 0 aromatic heterocycles. The van der Waals surface area contributed by atoms with Crippen LogP contribution in [0.1, 0.15) is 34.3 Å². The summed E-state index contributed by atoms with van der Waals surface area (Å²) in [6, 6.07) is 16.1. The number of amides is 1. The summed E-state index contributed by atoms with van der Waals surface area (Å²) in [4.78, 5) is 14.2. The molecule has 0 saturated carbocycles. The molecular formula is C17H16BrNO. The first kappa shape index (κ1) is 13.4. The minimum atomic E-state index is 0.0990. The van der Waals surface area contributed by atoms with Gasteiger partial charge < -0.3 is 4.90 Å². The van der Waals surface area contributed by atoms with Crippen molar-refractivity contribution in [1.29, 1.82) is 0 Å². The van der Waals surface area contributed by atoms with Crippen molar-refractivity contribution in [3.05, 3.63) is 65.2 Å². The lowest BCUT2D eigenvalue weighted by atomic mass is 10.0. The molecule has 3 rings (SSSR count). The molecule has 102 valence electrons. The number of alkyl halides is 1. The summed E-state index contributed by atoms with van der Waals surface area (Å²) in [6.45, 7) is 2.85. The van der Waals surface area contributed by atoms with E-state index >= 15 is 0 Å². The SMILES string of the molecule is CC(CBr)c1ccc(N2Cc3ccccc3C2=O)cc1. The molecule has 0 radical (unpaired) electrons. The molecule has 2 aromatic rings. The number of hydrogen-bond acceptors (Lipinski definition) is 1. The van der Waals surface area contributed by atoms with Crippen LogP contribution in [0.2, 0.25) is 0 Å². The van der Waals surface area contributed by atoms with Crippen LogP contribution in [-0.4, -0.2) is 11.2 Å². The van der Waals surface area contributed by atoms with E-state index in [1.165, 1.54) is 5.56 Å². The van der Waals surface area contributed by atoms with Crippen LogP contribution >= 0.6 is 15.9 Å². The lowest BCUT2D eigenvalue weighted by molar-refractivity contribution is 0.0996. The summed E-state index contributed by atoms with van der Waals surface area (Å²) in [7, 11) is 0. The molecule has 0 N–H and O–H groups in total. The van der Waals surface area contributed by atoms with Crippen LogP contribution in [0.5, 0.6) is 0 Å². The van der Waals surface area contributed by atoms with Crippen LogP contribution in [0.25, 0.3) is 0 Å². The number of nitrogens with zero attached hydrogens (tertiary/aromatic N) is 1. The number of benzene rings is 2. The average Bonchev–Trinajstić information content (AvgIpc) is 2.84. The third kappa shape index (κ3) is 2.27. The number of halogens is 1. The zero-order chi connectivity index (χ0) is 14.1. The van der Waals surface area contributed by atoms with Gasteiger partial charge in [0.15, 0.2) is 0 Å². The molecule has 1 atom stereocenters. The Morgan fingerprint density at radius 2 is 1.85 bits per heavy atom. The zero-order valence-electron chi connectivity index (χ0n) is 11.3. The molecule has 0 saturated heterocycles. The highest BCUT2D eigenvalue weighted by Crippen LogP contribution is 2.29. The lowest BCUT2D eigenvalue weighted by Crippen LogP contribution is -2.22. The Kier molecular flexibility index (Phi) is 3.62. The van der Waals surface area contributed by atoms with Crippen molar-refractivity contribution in [2.45, 2.75) is 19.4 Å². The molecule has 0 spiro atoms. The molecule has 1 amide bonds. The van der Waals surface area contributed by atoms with Gasteiger partial charge in [-0.05, 0) is 35.2 Å². The van der Waals surface area contributed by atoms with Gasteiger partial charge in [0.2, 0.25) is 0 Å². The van der Waals surface area contributed by atoms with Crippen molar-refractivity contribution in [2.24, 2.45) is 0 Å². The highest BCUT2D eigenvalue weighted by atomic mass is 79.9. The highest BCUT2D eigenvalue weighted by molar-refractivity contribution is 9.09. The third-order valence-electron chi connectivity index (χ3n) is 3.83. The number of carbonyl (C=O) groups excluding carboxylic acids is 1. The van der Waals surface area contributed by atoms with Crippen LogP contribution in [0.3, 0.4) is 0 Å². The molecule has 0 fully saturated rings. The molecule has 0 bridgehead atoms. The lowest BCUT2D eigenvalue weighted by Gasteiger charge is -2.17. The predicted molar refractivity (Wildman–Crippen MR) is 85.6 cm³/mol. The Hall–Kier alpha value is -1.61. The molecule has 20 heavy (non-hydrogen) atoms. The van der Waals surface area contributed by atoms with Crippen molar-refractivity contribution in [2.75, 3.05) is 10.2 Å². The molecule has 2 nitrogen and oxygen atoms in total. The van der Waals surface area contributed by atoms with E-state index in [1.54, 1.807) is 0 Å². The Morgan fingerprint density at radius 1 is 1.15 bits per heavy atom. The maximum absolute atomic E-state index is 12.4. The molecule has 1 heterocycles. The first-order valence-electron chi connectivity index (χ1n) is 6.76. The summed E-state index contributed by atoms with van der Waals surface area (Å²) in [6.07, 6.45) is 0. The third-order valence-corrected chi connectivity index (χ3v) is 4.80. The van der Waals surface area contributed by atoms with Gasteiger partial charge in [-0.2, -0.15) is 0 Å². The van der Waals surface area contributed by atoms with E-state index in [1.807, 2.05) is 41.3 Å². The summed E-state index contributed by atoms with van der Waals surface area (Å²) in [5.41, 5.74) is 4.19. The largest absolute Gasteiger partial charge is 0.304 e. The van der Waals surface area contributed by atoms with Crippen molar-refractivity contribution in [1.82, 2.24) is 0 Å². The van der Waals surface area contributed by atoms with Crippen molar-refractivity contribution in [3.8, 4) is 0 Å². The average molecular weight is 330 g/mol. The predicted octanol–water partition coefficient (Wildman–Crippen LogP) is 4.35. The molecule has 1 unspecified atom stereocenters. The van der Waals surface area contributed by atoms with E-state index < -0.39 is 0 Å². The fraction of sp³-hybridized carbons (Fsp3) is 0.235. The Bertz CT molecular complexity index is 636. The molecule has 3 heteroatoms. The maximum atomic E-state index is 12.4. The van der Waals surface area contributed by atoms with E-state index in [0.717, 1.165) is 22.1 Å². The minimum Gasteiger partial charge on any atom is -0.304 e. The van der Waals surface area contributed by atoms with Crippen LogP contribution in [-0.2, 0) is 6.54 Å². The summed E-state index contributed by atoms with van der Waals surface area (Å²) in [5.74, 6) is 0.581. The topological polar surface area (TPSA) is 20.3 Å². The fourth-order valence-corrected chi connectivity index (χ4v) is 2.91. The van der Waals surface area contributed by atoms with Crippen LogP contribution in [0, 0.1) is 0 Å². The quantitative estimate of drug-likeness (QED) is 0.767. The molecular weight excluding hydrogens is 314 g/mol. The molecule has 0 aliphatic carbocycles. The minimum absolute atomic E-state index is 0.0990. The normalized spacial score (nSPS) is 15.3. The van der Waals surface area contributed by atoms with Crippen molar-refractivity contribution < 1.29 is 4.79 Å². The second-order valence-corrected chi connectivity index (χ2v) is 5.84. The van der Waals surface area contributed by atoms with E-state index in [4.69, 9.17) is 0 Å². The summed E-state index contributed by atoms with van der Waals surface area (Å²) >= 11 is 3.50. The van der Waals surface area contributed by atoms with E-state index in [2.05, 4.69) is 35.0 Å². The van der Waals surface area contributed by atoms with Crippen LogP contribution in [0.4, 0.5) is 5.69 Å². The first-order chi connectivity index (χ1) is 9.70. The number of rotatable bonds is 3. The summed E-state index contributed by atoms with van der Waals surface area (Å²) < 4.78 is 0. The summed E-state index contributed by atoms with van der Waals surface area (Å²) in [5, 5.41) is 0.945. The van der Waals surface area contributed by atoms with Gasteiger partial charge in [-0.1, -0.05) is 53.2 Å². The smallest absolute Gasteiger partial charge is 0.258 e. The molecule has 1 aliphatic rings. The van der Waals surface area contributed by atoms with Crippen molar-refractivity contribution >= 4 is 27.5 Å². The van der Waals surface area contributed by atoms with Gasteiger partial charge >= 0.3 is 0 Å². The second kappa shape index (κ2) is 5.41. The van der Waals surface area contributed by atoms with Crippen LogP contribution in [0.15, 0.2) is 48.5 Å². The second-order valence-electron chi connectivity index (χ2n) is 5.20. The molecule has 1 aliphatic heterocycles. The van der Waals surface area contributed by atoms with Gasteiger partial charge in [0.1, 0.15) is 0 Å². The number of carbonyl (C=O) groups is 1. The van der Waals surface area contributed by atoms with Gasteiger partial charge in [0.25, 0.3) is 5.91 Å². The fourth-order valence-electron chi connectivity index (χ4n) is 2.53. The van der Waals surface area contributed by atoms with Gasteiger partial charge in [-0.25, -0.2) is 0 Å². The number of hydrogen-bond donors (Lipinski definition) is 0. The van der Waals surface area contributed by atoms with Crippen molar-refractivity contribution in [3.63, 3.8) is 0 Å². The first-order valence-corrected chi connectivity index (χ1v) is 7.88. The van der Waals surface area contributed by atoms with Gasteiger partial charge in [-0.15, -0.1) is 0 Å². The molecule has 2 aromatic carbocycles. The van der Waals surface area contributed by atoms with Crippen LogP contribution < -0.4 is 4.90 Å². The maximum Gasteiger partial charge on any atom is 0.258 e. The van der Waals surface area contributed by atoms with Gasteiger partial charge in [-0.3, -0.25) is 4.79 Å². The number of fused-ring (bicyclic) bond motifs is 1. The standard InChI is InChI=1S/C17H16BrNO/c1-12(10-18)13-6-8-15(9-7-13)19-11-14-4-2-3-5-16(14)17(19)20/h2-9,12H,10-11H2,1H3. The highest BCUT2D eigenvalue weighted by Gasteiger charge is 2.27. The van der Waals surface area contributed by atoms with E-state index in [9.17, 15) is 4.79 Å². The van der Waals surface area contributed by atoms with Gasteiger partial charge in [0, 0.05) is 16.6 Å². The van der Waals surface area contributed by atoms with Gasteiger partial charge in [0.05, 0.1) is 6.54 Å².